The average Bonchev–Trinajstić information content (AvgIpc) is 3.23. The molecule has 1 aromatic heterocycles. The van der Waals surface area contributed by atoms with Gasteiger partial charge in [0.2, 0.25) is 0 Å². The fourth-order valence-corrected chi connectivity index (χ4v) is 5.05. The van der Waals surface area contributed by atoms with Gasteiger partial charge < -0.3 is 14.6 Å². The van der Waals surface area contributed by atoms with Crippen LogP contribution < -0.4 is 4.74 Å². The maximum absolute atomic E-state index is 13.7. The molecular weight excluding hydrogens is 386 g/mol. The molecule has 2 aromatic carbocycles. The molecule has 0 radical (unpaired) electrons. The number of rotatable bonds is 5. The topological polar surface area (TPSA) is 58.2 Å². The van der Waals surface area contributed by atoms with Crippen molar-refractivity contribution in [1.82, 2.24) is 14.9 Å². The van der Waals surface area contributed by atoms with Crippen molar-refractivity contribution in [3.63, 3.8) is 0 Å². The van der Waals surface area contributed by atoms with Gasteiger partial charge in [-0.1, -0.05) is 26.8 Å². The quantitative estimate of drug-likeness (QED) is 0.609. The van der Waals surface area contributed by atoms with Crippen molar-refractivity contribution in [2.75, 3.05) is 13.7 Å². The lowest BCUT2D eigenvalue weighted by Crippen LogP contribution is -2.53. The van der Waals surface area contributed by atoms with Gasteiger partial charge in [-0.05, 0) is 79.0 Å². The van der Waals surface area contributed by atoms with E-state index in [-0.39, 0.29) is 17.4 Å². The average molecular weight is 420 g/mol. The highest BCUT2D eigenvalue weighted by molar-refractivity contribution is 5.97. The summed E-state index contributed by atoms with van der Waals surface area (Å²) < 4.78 is 5.61. The Morgan fingerprint density at radius 3 is 2.81 bits per heavy atom. The van der Waals surface area contributed by atoms with Gasteiger partial charge in [-0.3, -0.25) is 4.79 Å². The van der Waals surface area contributed by atoms with E-state index in [1.807, 2.05) is 18.2 Å². The molecule has 0 aliphatic carbocycles. The third-order valence-electron chi connectivity index (χ3n) is 6.94. The van der Waals surface area contributed by atoms with Crippen LogP contribution in [0.3, 0.4) is 0 Å². The highest BCUT2D eigenvalue weighted by Crippen LogP contribution is 2.39. The molecule has 1 saturated heterocycles. The van der Waals surface area contributed by atoms with Crippen LogP contribution >= 0.6 is 0 Å². The summed E-state index contributed by atoms with van der Waals surface area (Å²) >= 11 is 0. The van der Waals surface area contributed by atoms with Crippen molar-refractivity contribution in [2.45, 2.75) is 59.4 Å². The second-order valence-electron chi connectivity index (χ2n) is 9.39. The molecule has 2 heterocycles. The lowest BCUT2D eigenvalue weighted by molar-refractivity contribution is 0.0278. The SMILES string of the molecule is CCc1cc(C)c(OC)cc1C[C@@H]1N(C(=O)c2ccc3nc[nH]c3c2)CCCC1(C)C. The largest absolute Gasteiger partial charge is 0.496 e. The first kappa shape index (κ1) is 21.4. The number of aromatic nitrogens is 2. The molecule has 5 nitrogen and oxygen atoms in total. The van der Waals surface area contributed by atoms with Gasteiger partial charge in [0.05, 0.1) is 24.5 Å². The number of amides is 1. The van der Waals surface area contributed by atoms with Crippen LogP contribution in [0, 0.1) is 12.3 Å². The number of aryl methyl sites for hydroxylation is 2. The van der Waals surface area contributed by atoms with E-state index in [0.717, 1.165) is 60.1 Å². The van der Waals surface area contributed by atoms with Crippen molar-refractivity contribution >= 4 is 16.9 Å². The first-order valence-corrected chi connectivity index (χ1v) is 11.2. The zero-order valence-corrected chi connectivity index (χ0v) is 19.3. The maximum atomic E-state index is 13.7. The molecule has 1 N–H and O–H groups in total. The number of methoxy groups -OCH3 is 1. The third-order valence-corrected chi connectivity index (χ3v) is 6.94. The Morgan fingerprint density at radius 1 is 1.26 bits per heavy atom. The van der Waals surface area contributed by atoms with Crippen molar-refractivity contribution < 1.29 is 9.53 Å². The van der Waals surface area contributed by atoms with Gasteiger partial charge in [0.25, 0.3) is 5.91 Å². The van der Waals surface area contributed by atoms with Gasteiger partial charge in [-0.15, -0.1) is 0 Å². The number of imidazole rings is 1. The van der Waals surface area contributed by atoms with Crippen LogP contribution in [0.1, 0.15) is 60.7 Å². The molecule has 1 fully saturated rings. The summed E-state index contributed by atoms with van der Waals surface area (Å²) in [6.07, 6.45) is 5.62. The van der Waals surface area contributed by atoms with Gasteiger partial charge in [0, 0.05) is 18.2 Å². The number of ether oxygens (including phenoxy) is 1. The van der Waals surface area contributed by atoms with Crippen molar-refractivity contribution in [3.8, 4) is 5.75 Å². The lowest BCUT2D eigenvalue weighted by Gasteiger charge is -2.47. The van der Waals surface area contributed by atoms with Crippen LogP contribution in [0.25, 0.3) is 11.0 Å². The van der Waals surface area contributed by atoms with Crippen LogP contribution in [0.5, 0.6) is 5.75 Å². The Kier molecular flexibility index (Phi) is 5.78. The maximum Gasteiger partial charge on any atom is 0.254 e. The van der Waals surface area contributed by atoms with E-state index in [9.17, 15) is 4.79 Å². The van der Waals surface area contributed by atoms with E-state index in [2.05, 4.69) is 54.7 Å². The lowest BCUT2D eigenvalue weighted by atomic mass is 9.73. The molecule has 0 saturated carbocycles. The number of hydrogen-bond acceptors (Lipinski definition) is 3. The highest BCUT2D eigenvalue weighted by Gasteiger charge is 2.40. The molecule has 0 spiro atoms. The number of nitrogens with zero attached hydrogens (tertiary/aromatic N) is 2. The third kappa shape index (κ3) is 4.06. The number of nitrogens with one attached hydrogen (secondary N) is 1. The number of hydrogen-bond donors (Lipinski definition) is 1. The predicted molar refractivity (Wildman–Crippen MR) is 125 cm³/mol. The number of carbonyl (C=O) groups is 1. The molecule has 0 unspecified atom stereocenters. The Labute approximate surface area is 184 Å². The molecule has 164 valence electrons. The van der Waals surface area contributed by atoms with Crippen LogP contribution in [-0.2, 0) is 12.8 Å². The fraction of sp³-hybridized carbons (Fsp3) is 0.462. The molecule has 0 bridgehead atoms. The molecule has 31 heavy (non-hydrogen) atoms. The summed E-state index contributed by atoms with van der Waals surface area (Å²) in [5.41, 5.74) is 6.32. The number of likely N-dealkylation sites (tertiary alicyclic amines) is 1. The summed E-state index contributed by atoms with van der Waals surface area (Å²) in [6, 6.07) is 10.3. The molecule has 1 aliphatic heterocycles. The highest BCUT2D eigenvalue weighted by atomic mass is 16.5. The van der Waals surface area contributed by atoms with Crippen LogP contribution in [0.4, 0.5) is 0 Å². The molecular formula is C26H33N3O2. The van der Waals surface area contributed by atoms with Gasteiger partial charge >= 0.3 is 0 Å². The Balaban J connectivity index is 1.70. The Morgan fingerprint density at radius 2 is 2.06 bits per heavy atom. The van der Waals surface area contributed by atoms with Crippen LogP contribution in [0.15, 0.2) is 36.7 Å². The van der Waals surface area contributed by atoms with Gasteiger partial charge in [0.1, 0.15) is 5.75 Å². The second-order valence-corrected chi connectivity index (χ2v) is 9.39. The van der Waals surface area contributed by atoms with Crippen LogP contribution in [-0.4, -0.2) is 40.5 Å². The minimum absolute atomic E-state index is 0.0368. The van der Waals surface area contributed by atoms with E-state index in [1.165, 1.54) is 11.1 Å². The minimum Gasteiger partial charge on any atom is -0.496 e. The molecule has 4 rings (SSSR count). The summed E-state index contributed by atoms with van der Waals surface area (Å²) in [5, 5.41) is 0. The van der Waals surface area contributed by atoms with Gasteiger partial charge in [-0.2, -0.15) is 0 Å². The van der Waals surface area contributed by atoms with Crippen molar-refractivity contribution in [3.05, 3.63) is 58.9 Å². The Bertz CT molecular complexity index is 1100. The van der Waals surface area contributed by atoms with E-state index in [0.29, 0.717) is 0 Å². The molecule has 5 heteroatoms. The summed E-state index contributed by atoms with van der Waals surface area (Å²) in [7, 11) is 1.73. The normalized spacial score (nSPS) is 18.4. The molecule has 1 amide bonds. The van der Waals surface area contributed by atoms with E-state index in [4.69, 9.17) is 4.74 Å². The standard InChI is InChI=1S/C26H33N3O2/c1-6-18-12-17(2)23(31-5)14-20(18)15-24-26(3,4)10-7-11-29(24)25(30)19-8-9-21-22(13-19)28-16-27-21/h8-9,12-14,16,24H,6-7,10-11,15H2,1-5H3,(H,27,28)/t24-/m0/s1. The van der Waals surface area contributed by atoms with Crippen molar-refractivity contribution in [2.24, 2.45) is 5.41 Å². The number of aromatic amines is 1. The van der Waals surface area contributed by atoms with E-state index < -0.39 is 0 Å². The predicted octanol–water partition coefficient (Wildman–Crippen LogP) is 5.32. The van der Waals surface area contributed by atoms with Crippen molar-refractivity contribution in [1.29, 1.82) is 0 Å². The van der Waals surface area contributed by atoms with Gasteiger partial charge in [0.15, 0.2) is 0 Å². The van der Waals surface area contributed by atoms with E-state index >= 15 is 0 Å². The van der Waals surface area contributed by atoms with Crippen LogP contribution in [0.2, 0.25) is 0 Å². The minimum atomic E-state index is 0.0368. The number of H-pyrrole nitrogens is 1. The zero-order valence-electron chi connectivity index (χ0n) is 19.3. The number of piperidine rings is 1. The van der Waals surface area contributed by atoms with E-state index in [1.54, 1.807) is 13.4 Å². The number of fused-ring (bicyclic) bond motifs is 1. The summed E-state index contributed by atoms with van der Waals surface area (Å²) in [4.78, 5) is 23.2. The summed E-state index contributed by atoms with van der Waals surface area (Å²) in [5.74, 6) is 1.02. The van der Waals surface area contributed by atoms with Gasteiger partial charge in [-0.25, -0.2) is 4.98 Å². The fourth-order valence-electron chi connectivity index (χ4n) is 5.05. The molecule has 3 aromatic rings. The monoisotopic (exact) mass is 419 g/mol. The summed E-state index contributed by atoms with van der Waals surface area (Å²) in [6.45, 7) is 9.67. The number of carbonyl (C=O) groups excluding carboxylic acids is 1. The molecule has 1 atom stereocenters. The smallest absolute Gasteiger partial charge is 0.254 e. The first-order valence-electron chi connectivity index (χ1n) is 11.2. The Hall–Kier alpha value is -2.82. The zero-order chi connectivity index (χ0) is 22.2. The number of benzene rings is 2. The second kappa shape index (κ2) is 8.37. The molecule has 1 aliphatic rings. The first-order chi connectivity index (χ1) is 14.8.